The highest BCUT2D eigenvalue weighted by atomic mass is 19.3. The zero-order valence-corrected chi connectivity index (χ0v) is 15.9. The number of amides is 1. The van der Waals surface area contributed by atoms with E-state index in [1.54, 1.807) is 31.4 Å². The third-order valence-corrected chi connectivity index (χ3v) is 3.87. The predicted octanol–water partition coefficient (Wildman–Crippen LogP) is 1.51. The lowest BCUT2D eigenvalue weighted by molar-refractivity contribution is -0.885. The van der Waals surface area contributed by atoms with Crippen LogP contribution in [0.15, 0.2) is 48.5 Å². The number of methoxy groups -OCH3 is 1. The maximum atomic E-state index is 12.2. The minimum Gasteiger partial charge on any atom is -0.493 e. The van der Waals surface area contributed by atoms with E-state index in [9.17, 15) is 13.6 Å². The van der Waals surface area contributed by atoms with Crippen molar-refractivity contribution in [2.75, 3.05) is 33.9 Å². The molecule has 0 radical (unpaired) electrons. The molecule has 0 heterocycles. The summed E-state index contributed by atoms with van der Waals surface area (Å²) in [5.74, 6) is 1.28. The summed E-state index contributed by atoms with van der Waals surface area (Å²) in [5, 5.41) is 2.81. The summed E-state index contributed by atoms with van der Waals surface area (Å²) in [6, 6.07) is 13.7. The van der Waals surface area contributed by atoms with E-state index in [1.165, 1.54) is 12.1 Å². The quantitative estimate of drug-likeness (QED) is 0.567. The molecule has 152 valence electrons. The van der Waals surface area contributed by atoms with E-state index in [1.807, 2.05) is 19.2 Å². The van der Waals surface area contributed by atoms with Crippen molar-refractivity contribution >= 4 is 5.91 Å². The number of carbonyl (C=O) groups excluding carboxylic acids is 1. The summed E-state index contributed by atoms with van der Waals surface area (Å²) in [4.78, 5) is 13.0. The maximum Gasteiger partial charge on any atom is 0.387 e. The van der Waals surface area contributed by atoms with Gasteiger partial charge in [0, 0.05) is 5.56 Å². The van der Waals surface area contributed by atoms with Crippen molar-refractivity contribution in [1.29, 1.82) is 0 Å². The van der Waals surface area contributed by atoms with E-state index >= 15 is 0 Å². The van der Waals surface area contributed by atoms with Crippen LogP contribution in [0.3, 0.4) is 0 Å². The van der Waals surface area contributed by atoms with Crippen LogP contribution >= 0.6 is 0 Å². The first kappa shape index (κ1) is 21.4. The van der Waals surface area contributed by atoms with Crippen LogP contribution in [-0.4, -0.2) is 46.4 Å². The number of quaternary nitrogens is 1. The van der Waals surface area contributed by atoms with Gasteiger partial charge >= 0.3 is 6.61 Å². The standard InChI is InChI=1S/C20H24F2N2O4/c1-24(13-15-7-9-16(10-8-15)28-20(21)22)14-19(25)23-11-12-27-18-6-4-3-5-17(18)26-2/h3-10,20H,11-14H2,1-2H3,(H,23,25)/p+1. The molecule has 0 saturated carbocycles. The van der Waals surface area contributed by atoms with Gasteiger partial charge in [0.05, 0.1) is 20.7 Å². The largest absolute Gasteiger partial charge is 0.493 e. The molecule has 0 spiro atoms. The molecule has 0 bridgehead atoms. The Labute approximate surface area is 163 Å². The summed E-state index contributed by atoms with van der Waals surface area (Å²) >= 11 is 0. The Balaban J connectivity index is 1.68. The van der Waals surface area contributed by atoms with Crippen LogP contribution in [0.25, 0.3) is 0 Å². The SMILES string of the molecule is COc1ccccc1OCCNC(=O)C[NH+](C)Cc1ccc(OC(F)F)cc1. The molecule has 2 aromatic carbocycles. The highest BCUT2D eigenvalue weighted by Gasteiger charge is 2.11. The lowest BCUT2D eigenvalue weighted by atomic mass is 10.2. The molecule has 2 rings (SSSR count). The number of ether oxygens (including phenoxy) is 3. The number of para-hydroxylation sites is 2. The van der Waals surface area contributed by atoms with Crippen LogP contribution in [0.2, 0.25) is 0 Å². The summed E-state index contributed by atoms with van der Waals surface area (Å²) in [7, 11) is 3.45. The molecule has 8 heteroatoms. The van der Waals surface area contributed by atoms with Crippen molar-refractivity contribution in [3.8, 4) is 17.2 Å². The molecule has 0 saturated heterocycles. The van der Waals surface area contributed by atoms with Gasteiger partial charge in [-0.15, -0.1) is 0 Å². The van der Waals surface area contributed by atoms with Crippen molar-refractivity contribution in [2.45, 2.75) is 13.2 Å². The average molecular weight is 395 g/mol. The third-order valence-electron chi connectivity index (χ3n) is 3.87. The van der Waals surface area contributed by atoms with E-state index in [4.69, 9.17) is 9.47 Å². The van der Waals surface area contributed by atoms with Crippen molar-refractivity contribution in [2.24, 2.45) is 0 Å². The summed E-state index contributed by atoms with van der Waals surface area (Å²) in [5.41, 5.74) is 0.923. The van der Waals surface area contributed by atoms with Gasteiger partial charge < -0.3 is 24.4 Å². The zero-order valence-electron chi connectivity index (χ0n) is 15.9. The molecule has 1 atom stereocenters. The smallest absolute Gasteiger partial charge is 0.387 e. The van der Waals surface area contributed by atoms with Crippen LogP contribution in [-0.2, 0) is 11.3 Å². The second-order valence-electron chi connectivity index (χ2n) is 6.18. The zero-order chi connectivity index (χ0) is 20.4. The first-order valence-corrected chi connectivity index (χ1v) is 8.85. The number of hydrogen-bond acceptors (Lipinski definition) is 4. The van der Waals surface area contributed by atoms with E-state index in [0.29, 0.717) is 31.2 Å². The lowest BCUT2D eigenvalue weighted by Crippen LogP contribution is -3.08. The van der Waals surface area contributed by atoms with Crippen LogP contribution in [0.5, 0.6) is 17.2 Å². The summed E-state index contributed by atoms with van der Waals surface area (Å²) in [6.45, 7) is -1.26. The second kappa shape index (κ2) is 11.1. The molecule has 0 aromatic heterocycles. The number of rotatable bonds is 11. The number of carbonyl (C=O) groups is 1. The fraction of sp³-hybridized carbons (Fsp3) is 0.350. The highest BCUT2D eigenvalue weighted by Crippen LogP contribution is 2.25. The molecule has 2 aromatic rings. The molecule has 0 aliphatic heterocycles. The monoisotopic (exact) mass is 395 g/mol. The Morgan fingerprint density at radius 2 is 1.79 bits per heavy atom. The van der Waals surface area contributed by atoms with Crippen molar-refractivity contribution < 1.29 is 32.7 Å². The maximum absolute atomic E-state index is 12.2. The van der Waals surface area contributed by atoms with E-state index < -0.39 is 6.61 Å². The van der Waals surface area contributed by atoms with Crippen LogP contribution in [0.4, 0.5) is 8.78 Å². The number of benzene rings is 2. The van der Waals surface area contributed by atoms with Gasteiger partial charge in [-0.1, -0.05) is 12.1 Å². The van der Waals surface area contributed by atoms with Gasteiger partial charge in [0.1, 0.15) is 18.9 Å². The molecule has 0 aliphatic rings. The fourth-order valence-electron chi connectivity index (χ4n) is 2.63. The molecule has 2 N–H and O–H groups in total. The molecule has 1 unspecified atom stereocenters. The minimum atomic E-state index is -2.84. The van der Waals surface area contributed by atoms with Gasteiger partial charge in [-0.25, -0.2) is 0 Å². The normalized spacial score (nSPS) is 11.8. The minimum absolute atomic E-state index is 0.0984. The van der Waals surface area contributed by atoms with E-state index in [2.05, 4.69) is 10.1 Å². The van der Waals surface area contributed by atoms with E-state index in [0.717, 1.165) is 10.5 Å². The highest BCUT2D eigenvalue weighted by molar-refractivity contribution is 5.76. The summed E-state index contributed by atoms with van der Waals surface area (Å²) in [6.07, 6.45) is 0. The van der Waals surface area contributed by atoms with Gasteiger partial charge in [0.25, 0.3) is 5.91 Å². The molecular formula is C20H25F2N2O4+. The third kappa shape index (κ3) is 7.40. The number of likely N-dealkylation sites (N-methyl/N-ethyl adjacent to an activating group) is 1. The van der Waals surface area contributed by atoms with Gasteiger partial charge in [0.15, 0.2) is 18.0 Å². The molecule has 6 nitrogen and oxygen atoms in total. The summed E-state index contributed by atoms with van der Waals surface area (Å²) < 4.78 is 39.4. The lowest BCUT2D eigenvalue weighted by Gasteiger charge is -2.15. The Bertz CT molecular complexity index is 741. The number of alkyl halides is 2. The Morgan fingerprint density at radius 1 is 1.11 bits per heavy atom. The number of hydrogen-bond donors (Lipinski definition) is 2. The van der Waals surface area contributed by atoms with Crippen LogP contribution < -0.4 is 24.4 Å². The topological polar surface area (TPSA) is 61.2 Å². The van der Waals surface area contributed by atoms with Crippen molar-refractivity contribution in [1.82, 2.24) is 5.32 Å². The number of nitrogens with one attached hydrogen (secondary N) is 2. The number of halogens is 2. The van der Waals surface area contributed by atoms with Crippen molar-refractivity contribution in [3.63, 3.8) is 0 Å². The van der Waals surface area contributed by atoms with Gasteiger partial charge in [-0.3, -0.25) is 4.79 Å². The average Bonchev–Trinajstić information content (AvgIpc) is 2.66. The Hall–Kier alpha value is -2.87. The predicted molar refractivity (Wildman–Crippen MR) is 100 cm³/mol. The van der Waals surface area contributed by atoms with Crippen LogP contribution in [0, 0.1) is 0 Å². The molecule has 0 fully saturated rings. The molecule has 28 heavy (non-hydrogen) atoms. The van der Waals surface area contributed by atoms with Gasteiger partial charge in [0.2, 0.25) is 0 Å². The Morgan fingerprint density at radius 3 is 2.43 bits per heavy atom. The Kier molecular flexibility index (Phi) is 8.48. The first-order chi connectivity index (χ1) is 13.5. The van der Waals surface area contributed by atoms with Gasteiger partial charge in [-0.05, 0) is 36.4 Å². The van der Waals surface area contributed by atoms with Gasteiger partial charge in [-0.2, -0.15) is 8.78 Å². The molecule has 1 amide bonds. The van der Waals surface area contributed by atoms with Crippen LogP contribution in [0.1, 0.15) is 5.56 Å². The molecule has 0 aliphatic carbocycles. The van der Waals surface area contributed by atoms with Crippen molar-refractivity contribution in [3.05, 3.63) is 54.1 Å². The van der Waals surface area contributed by atoms with E-state index in [-0.39, 0.29) is 18.2 Å². The molecular weight excluding hydrogens is 370 g/mol. The fourth-order valence-corrected chi connectivity index (χ4v) is 2.63. The first-order valence-electron chi connectivity index (χ1n) is 8.85. The second-order valence-corrected chi connectivity index (χ2v) is 6.18.